The predicted molar refractivity (Wildman–Crippen MR) is 132 cm³/mol. The van der Waals surface area contributed by atoms with Crippen LogP contribution in [0.25, 0.3) is 11.1 Å². The first-order valence-corrected chi connectivity index (χ1v) is 11.8. The van der Waals surface area contributed by atoms with E-state index in [4.69, 9.17) is 4.42 Å². The maximum Gasteiger partial charge on any atom is 0.270 e. The minimum absolute atomic E-state index is 0.0313. The molecule has 2 aromatic carbocycles. The lowest BCUT2D eigenvalue weighted by Crippen LogP contribution is -2.56. The quantitative estimate of drug-likeness (QED) is 0.436. The second-order valence-electron chi connectivity index (χ2n) is 9.02. The first-order chi connectivity index (χ1) is 16.5. The molecule has 2 amide bonds. The molecule has 0 bridgehead atoms. The van der Waals surface area contributed by atoms with Crippen LogP contribution in [0.15, 0.2) is 83.5 Å². The van der Waals surface area contributed by atoms with Gasteiger partial charge in [0.15, 0.2) is 0 Å². The number of rotatable bonds is 5. The minimum atomic E-state index is -0.0602. The molecule has 3 heterocycles. The highest BCUT2D eigenvalue weighted by Gasteiger charge is 2.32. The Balaban J connectivity index is 1.35. The summed E-state index contributed by atoms with van der Waals surface area (Å²) in [6.07, 6.45) is 2.04. The fraction of sp³-hybridized carbons (Fsp3) is 0.286. The fourth-order valence-corrected chi connectivity index (χ4v) is 4.92. The highest BCUT2D eigenvalue weighted by molar-refractivity contribution is 5.98. The van der Waals surface area contributed by atoms with E-state index in [1.165, 1.54) is 0 Å². The Bertz CT molecular complexity index is 1290. The number of furan rings is 1. The van der Waals surface area contributed by atoms with Crippen LogP contribution in [0, 0.1) is 0 Å². The second-order valence-corrected chi connectivity index (χ2v) is 9.02. The Morgan fingerprint density at radius 2 is 1.71 bits per heavy atom. The van der Waals surface area contributed by atoms with Crippen molar-refractivity contribution < 1.29 is 14.0 Å². The van der Waals surface area contributed by atoms with Crippen molar-refractivity contribution in [1.82, 2.24) is 14.4 Å². The number of piperazine rings is 1. The topological polar surface area (TPSA) is 58.7 Å². The maximum absolute atomic E-state index is 13.7. The summed E-state index contributed by atoms with van der Waals surface area (Å²) in [5.41, 5.74) is 3.43. The first-order valence-electron chi connectivity index (χ1n) is 11.8. The summed E-state index contributed by atoms with van der Waals surface area (Å²) >= 11 is 0. The number of hydrogen-bond acceptors (Lipinski definition) is 3. The molecule has 0 radical (unpaired) electrons. The molecule has 6 nitrogen and oxygen atoms in total. The Kier molecular flexibility index (Phi) is 5.97. The van der Waals surface area contributed by atoms with E-state index in [2.05, 4.69) is 19.1 Å². The van der Waals surface area contributed by atoms with E-state index in [0.29, 0.717) is 37.5 Å². The number of benzene rings is 2. The van der Waals surface area contributed by atoms with Crippen LogP contribution in [0.3, 0.4) is 0 Å². The van der Waals surface area contributed by atoms with Crippen molar-refractivity contribution >= 4 is 22.9 Å². The van der Waals surface area contributed by atoms with E-state index >= 15 is 0 Å². The highest BCUT2D eigenvalue weighted by Crippen LogP contribution is 2.30. The normalized spacial score (nSPS) is 17.2. The van der Waals surface area contributed by atoms with Crippen molar-refractivity contribution in [3.63, 3.8) is 0 Å². The fourth-order valence-electron chi connectivity index (χ4n) is 4.92. The zero-order valence-electron chi connectivity index (χ0n) is 19.6. The predicted octanol–water partition coefficient (Wildman–Crippen LogP) is 4.76. The lowest BCUT2D eigenvalue weighted by Gasteiger charge is -2.40. The Morgan fingerprint density at radius 1 is 1.00 bits per heavy atom. The van der Waals surface area contributed by atoms with E-state index in [-0.39, 0.29) is 23.9 Å². The molecule has 1 saturated heterocycles. The molecule has 6 heteroatoms. The molecule has 34 heavy (non-hydrogen) atoms. The van der Waals surface area contributed by atoms with Gasteiger partial charge in [-0.1, -0.05) is 60.7 Å². The van der Waals surface area contributed by atoms with Gasteiger partial charge in [-0.25, -0.2) is 0 Å². The lowest BCUT2D eigenvalue weighted by molar-refractivity contribution is -0.134. The van der Waals surface area contributed by atoms with Crippen molar-refractivity contribution in [3.05, 3.63) is 95.9 Å². The summed E-state index contributed by atoms with van der Waals surface area (Å²) in [5.74, 6) is 0.0700. The zero-order valence-corrected chi connectivity index (χ0v) is 19.6. The molecule has 5 rings (SSSR count). The molecule has 4 aromatic rings. The monoisotopic (exact) mass is 455 g/mol. The number of carbonyl (C=O) groups excluding carboxylic acids is 2. The van der Waals surface area contributed by atoms with Crippen LogP contribution >= 0.6 is 0 Å². The van der Waals surface area contributed by atoms with E-state index < -0.39 is 0 Å². The van der Waals surface area contributed by atoms with Gasteiger partial charge in [0.2, 0.25) is 11.6 Å². The smallest absolute Gasteiger partial charge is 0.270 e. The molecule has 0 spiro atoms. The van der Waals surface area contributed by atoms with Crippen LogP contribution in [0.1, 0.15) is 41.5 Å². The number of nitrogens with zero attached hydrogens (tertiary/aromatic N) is 3. The van der Waals surface area contributed by atoms with Crippen molar-refractivity contribution in [3.8, 4) is 0 Å². The van der Waals surface area contributed by atoms with Gasteiger partial charge in [0.05, 0.1) is 18.7 Å². The van der Waals surface area contributed by atoms with Gasteiger partial charge in [0, 0.05) is 31.1 Å². The van der Waals surface area contributed by atoms with Crippen LogP contribution in [-0.2, 0) is 11.2 Å². The van der Waals surface area contributed by atoms with Crippen LogP contribution in [0.5, 0.6) is 0 Å². The van der Waals surface area contributed by atoms with Crippen molar-refractivity contribution in [2.45, 2.75) is 32.4 Å². The van der Waals surface area contributed by atoms with E-state index in [1.54, 1.807) is 6.26 Å². The summed E-state index contributed by atoms with van der Waals surface area (Å²) in [4.78, 5) is 30.4. The number of amides is 2. The number of fused-ring (bicyclic) bond motifs is 1. The molecular formula is C28H29N3O3. The highest BCUT2D eigenvalue weighted by atomic mass is 16.3. The molecule has 1 aliphatic heterocycles. The van der Waals surface area contributed by atoms with Crippen molar-refractivity contribution in [1.29, 1.82) is 0 Å². The Labute approximate surface area is 199 Å². The molecule has 2 atom stereocenters. The lowest BCUT2D eigenvalue weighted by atomic mass is 10.1. The van der Waals surface area contributed by atoms with Gasteiger partial charge >= 0.3 is 0 Å². The van der Waals surface area contributed by atoms with Crippen LogP contribution in [0.4, 0.5) is 0 Å². The Hall–Kier alpha value is -3.80. The summed E-state index contributed by atoms with van der Waals surface area (Å²) < 4.78 is 7.77. The molecule has 174 valence electrons. The SMILES string of the molecule is C[C@H]1CN(C(=O)c2cc3ccoc3n2[C@@H](C)c2ccccc2)CCN1C(=O)Cc1ccccc1. The number of carbonyl (C=O) groups is 2. The zero-order chi connectivity index (χ0) is 23.7. The average molecular weight is 456 g/mol. The second kappa shape index (κ2) is 9.21. The summed E-state index contributed by atoms with van der Waals surface area (Å²) in [5, 5.41) is 0.913. The summed E-state index contributed by atoms with van der Waals surface area (Å²) in [6, 6.07) is 23.6. The van der Waals surface area contributed by atoms with Gasteiger partial charge in [-0.3, -0.25) is 14.2 Å². The van der Waals surface area contributed by atoms with Crippen LogP contribution < -0.4 is 0 Å². The van der Waals surface area contributed by atoms with Gasteiger partial charge in [-0.05, 0) is 37.1 Å². The van der Waals surface area contributed by atoms with E-state index in [0.717, 1.165) is 16.5 Å². The first kappa shape index (κ1) is 22.0. The summed E-state index contributed by atoms with van der Waals surface area (Å²) in [6.45, 7) is 5.64. The van der Waals surface area contributed by atoms with Crippen LogP contribution in [-0.4, -0.2) is 51.9 Å². The third-order valence-corrected chi connectivity index (χ3v) is 6.77. The van der Waals surface area contributed by atoms with Gasteiger partial charge in [-0.2, -0.15) is 0 Å². The standard InChI is InChI=1S/C28H29N3O3/c1-20-19-29(14-15-30(20)26(32)17-22-9-5-3-6-10-22)27(33)25-18-24-13-16-34-28(24)31(25)21(2)23-11-7-4-8-12-23/h3-13,16,18,20-21H,14-15,17,19H2,1-2H3/t20-,21-/m0/s1. The number of hydrogen-bond donors (Lipinski definition) is 0. The Morgan fingerprint density at radius 3 is 2.41 bits per heavy atom. The van der Waals surface area contributed by atoms with Crippen molar-refractivity contribution in [2.24, 2.45) is 0 Å². The van der Waals surface area contributed by atoms with Gasteiger partial charge in [0.25, 0.3) is 5.91 Å². The molecule has 0 aliphatic carbocycles. The molecule has 2 aromatic heterocycles. The van der Waals surface area contributed by atoms with E-state index in [9.17, 15) is 9.59 Å². The summed E-state index contributed by atoms with van der Waals surface area (Å²) in [7, 11) is 0. The maximum atomic E-state index is 13.7. The third kappa shape index (κ3) is 4.12. The van der Waals surface area contributed by atoms with E-state index in [1.807, 2.05) is 82.0 Å². The molecule has 0 N–H and O–H groups in total. The van der Waals surface area contributed by atoms with Gasteiger partial charge in [-0.15, -0.1) is 0 Å². The van der Waals surface area contributed by atoms with Crippen molar-refractivity contribution in [2.75, 3.05) is 19.6 Å². The third-order valence-electron chi connectivity index (χ3n) is 6.77. The largest absolute Gasteiger partial charge is 0.448 e. The molecule has 1 aliphatic rings. The average Bonchev–Trinajstić information content (AvgIpc) is 3.45. The van der Waals surface area contributed by atoms with Gasteiger partial charge < -0.3 is 14.2 Å². The number of aromatic nitrogens is 1. The minimum Gasteiger partial charge on any atom is -0.448 e. The van der Waals surface area contributed by atoms with Gasteiger partial charge in [0.1, 0.15) is 5.69 Å². The molecule has 1 fully saturated rings. The van der Waals surface area contributed by atoms with Crippen LogP contribution in [0.2, 0.25) is 0 Å². The molecule has 0 saturated carbocycles. The molecule has 0 unspecified atom stereocenters. The molecular weight excluding hydrogens is 426 g/mol.